The Balaban J connectivity index is 2.20. The van der Waals surface area contributed by atoms with Crippen LogP contribution >= 0.6 is 0 Å². The van der Waals surface area contributed by atoms with Crippen molar-refractivity contribution in [1.82, 2.24) is 5.23 Å². The summed E-state index contributed by atoms with van der Waals surface area (Å²) < 4.78 is 5.57. The predicted molar refractivity (Wildman–Crippen MR) is 42.9 cm³/mol. The van der Waals surface area contributed by atoms with Crippen LogP contribution in [0.3, 0.4) is 0 Å². The lowest BCUT2D eigenvalue weighted by Crippen LogP contribution is -2.50. The molecule has 1 heterocycles. The van der Waals surface area contributed by atoms with Gasteiger partial charge < -0.3 is 4.43 Å². The third kappa shape index (κ3) is 2.88. The van der Waals surface area contributed by atoms with E-state index in [-0.39, 0.29) is 0 Å². The van der Waals surface area contributed by atoms with Crippen LogP contribution in [-0.4, -0.2) is 33.1 Å². The Morgan fingerprint density at radius 3 is 2.45 bits per heavy atom. The summed E-state index contributed by atoms with van der Waals surface area (Å²) in [7, 11) is -1.56. The second-order valence-corrected chi connectivity index (χ2v) is 7.18. The van der Waals surface area contributed by atoms with Crippen molar-refractivity contribution in [3.8, 4) is 0 Å². The maximum absolute atomic E-state index is 5.57. The molecular formula is C6H15NO3Si. The highest BCUT2D eigenvalue weighted by molar-refractivity contribution is 6.71. The zero-order chi connectivity index (χ0) is 8.32. The molecule has 1 rings (SSSR count). The Morgan fingerprint density at radius 1 is 1.45 bits per heavy atom. The van der Waals surface area contributed by atoms with Crippen molar-refractivity contribution >= 4 is 8.32 Å². The fourth-order valence-corrected chi connectivity index (χ4v) is 2.64. The molecule has 0 aromatic heterocycles. The van der Waals surface area contributed by atoms with Crippen molar-refractivity contribution in [1.29, 1.82) is 0 Å². The minimum atomic E-state index is -1.56. The molecule has 0 aliphatic carbocycles. The van der Waals surface area contributed by atoms with Crippen LogP contribution in [0.2, 0.25) is 13.1 Å². The van der Waals surface area contributed by atoms with Gasteiger partial charge in [-0.15, -0.1) is 0 Å². The number of hydrogen-bond acceptors (Lipinski definition) is 4. The lowest BCUT2D eigenvalue weighted by Gasteiger charge is -2.33. The van der Waals surface area contributed by atoms with Gasteiger partial charge in [0.1, 0.15) is 0 Å². The normalized spacial score (nSPS) is 19.9. The van der Waals surface area contributed by atoms with Crippen LogP contribution in [0.25, 0.3) is 0 Å². The summed E-state index contributed by atoms with van der Waals surface area (Å²) in [5.41, 5.74) is 0. The fourth-order valence-electron chi connectivity index (χ4n) is 0.966. The van der Waals surface area contributed by atoms with E-state index in [0.29, 0.717) is 6.79 Å². The van der Waals surface area contributed by atoms with Crippen LogP contribution in [0.5, 0.6) is 0 Å². The molecule has 11 heavy (non-hydrogen) atoms. The standard InChI is InChI=1S/C6H15NO3Si/c1-4-10-11(2,3)5-7-8-6-9-7/h4-6H2,1-3H3. The van der Waals surface area contributed by atoms with Gasteiger partial charge in [-0.05, 0) is 20.0 Å². The average molecular weight is 177 g/mol. The summed E-state index contributed by atoms with van der Waals surface area (Å²) in [5.74, 6) is 0. The van der Waals surface area contributed by atoms with E-state index < -0.39 is 8.32 Å². The van der Waals surface area contributed by atoms with Crippen LogP contribution in [0.1, 0.15) is 6.92 Å². The first-order chi connectivity index (χ1) is 5.14. The second-order valence-electron chi connectivity index (χ2n) is 3.06. The van der Waals surface area contributed by atoms with Crippen LogP contribution in [-0.2, 0) is 14.1 Å². The van der Waals surface area contributed by atoms with Gasteiger partial charge in [0.15, 0.2) is 6.79 Å². The molecule has 0 aromatic rings. The molecule has 1 aliphatic rings. The zero-order valence-corrected chi connectivity index (χ0v) is 8.29. The van der Waals surface area contributed by atoms with E-state index in [0.717, 1.165) is 12.8 Å². The first-order valence-electron chi connectivity index (χ1n) is 3.81. The van der Waals surface area contributed by atoms with E-state index in [9.17, 15) is 0 Å². The molecular weight excluding hydrogens is 162 g/mol. The van der Waals surface area contributed by atoms with Crippen molar-refractivity contribution < 1.29 is 14.1 Å². The molecule has 0 N–H and O–H groups in total. The molecule has 0 atom stereocenters. The highest BCUT2D eigenvalue weighted by Gasteiger charge is 2.30. The van der Waals surface area contributed by atoms with Gasteiger partial charge in [-0.1, -0.05) is 5.23 Å². The molecule has 0 aromatic carbocycles. The van der Waals surface area contributed by atoms with Crippen molar-refractivity contribution in [3.05, 3.63) is 0 Å². The molecule has 0 unspecified atom stereocenters. The van der Waals surface area contributed by atoms with Gasteiger partial charge in [-0.3, -0.25) is 0 Å². The van der Waals surface area contributed by atoms with E-state index in [4.69, 9.17) is 14.1 Å². The van der Waals surface area contributed by atoms with Crippen LogP contribution in [0, 0.1) is 0 Å². The largest absolute Gasteiger partial charge is 0.416 e. The quantitative estimate of drug-likeness (QED) is 0.597. The third-order valence-electron chi connectivity index (χ3n) is 1.44. The molecule has 0 spiro atoms. The predicted octanol–water partition coefficient (Wildman–Crippen LogP) is 0.903. The Kier molecular flexibility index (Phi) is 3.03. The Hall–Kier alpha value is 0.0569. The van der Waals surface area contributed by atoms with E-state index in [1.807, 2.05) is 6.92 Å². The summed E-state index contributed by atoms with van der Waals surface area (Å²) >= 11 is 0. The minimum absolute atomic E-state index is 0.386. The van der Waals surface area contributed by atoms with Gasteiger partial charge in [-0.25, -0.2) is 9.68 Å². The summed E-state index contributed by atoms with van der Waals surface area (Å²) in [6.45, 7) is 7.44. The van der Waals surface area contributed by atoms with Crippen LogP contribution in [0.4, 0.5) is 0 Å². The lowest BCUT2D eigenvalue weighted by atomic mass is 10.9. The SMILES string of the molecule is CCO[Si](C)(C)CN1OCO1. The lowest BCUT2D eigenvalue weighted by molar-refractivity contribution is -0.513. The third-order valence-corrected chi connectivity index (χ3v) is 3.53. The molecule has 0 bridgehead atoms. The van der Waals surface area contributed by atoms with Gasteiger partial charge in [0.2, 0.25) is 8.32 Å². The average Bonchev–Trinajstić information content (AvgIpc) is 1.79. The van der Waals surface area contributed by atoms with Crippen LogP contribution in [0.15, 0.2) is 0 Å². The summed E-state index contributed by atoms with van der Waals surface area (Å²) in [6, 6.07) is 0. The smallest absolute Gasteiger partial charge is 0.205 e. The Labute approximate surface area is 68.1 Å². The second kappa shape index (κ2) is 3.64. The highest BCUT2D eigenvalue weighted by atomic mass is 28.4. The molecule has 0 saturated carbocycles. The summed E-state index contributed by atoms with van der Waals surface area (Å²) in [6.07, 6.45) is 0.779. The zero-order valence-electron chi connectivity index (χ0n) is 7.29. The van der Waals surface area contributed by atoms with Crippen molar-refractivity contribution in [2.75, 3.05) is 19.6 Å². The van der Waals surface area contributed by atoms with E-state index in [1.54, 1.807) is 0 Å². The first kappa shape index (κ1) is 9.15. The number of hydroxylamine groups is 2. The highest BCUT2D eigenvalue weighted by Crippen LogP contribution is 2.12. The molecule has 1 fully saturated rings. The molecule has 0 radical (unpaired) electrons. The monoisotopic (exact) mass is 177 g/mol. The van der Waals surface area contributed by atoms with Crippen molar-refractivity contribution in [2.45, 2.75) is 20.0 Å². The van der Waals surface area contributed by atoms with Crippen LogP contribution < -0.4 is 0 Å². The van der Waals surface area contributed by atoms with Gasteiger partial charge in [0.25, 0.3) is 0 Å². The summed E-state index contributed by atoms with van der Waals surface area (Å²) in [4.78, 5) is 9.96. The van der Waals surface area contributed by atoms with Crippen molar-refractivity contribution in [3.63, 3.8) is 0 Å². The first-order valence-corrected chi connectivity index (χ1v) is 6.93. The molecule has 0 amide bonds. The molecule has 4 nitrogen and oxygen atoms in total. The Morgan fingerprint density at radius 2 is 2.09 bits per heavy atom. The van der Waals surface area contributed by atoms with E-state index in [1.165, 1.54) is 5.23 Å². The molecule has 5 heteroatoms. The van der Waals surface area contributed by atoms with E-state index >= 15 is 0 Å². The molecule has 1 saturated heterocycles. The number of rotatable bonds is 4. The van der Waals surface area contributed by atoms with Gasteiger partial charge in [0.05, 0.1) is 6.17 Å². The van der Waals surface area contributed by atoms with Gasteiger partial charge >= 0.3 is 0 Å². The molecule has 66 valence electrons. The number of hydrogen-bond donors (Lipinski definition) is 0. The maximum Gasteiger partial charge on any atom is 0.205 e. The van der Waals surface area contributed by atoms with Gasteiger partial charge in [0, 0.05) is 6.61 Å². The Bertz CT molecular complexity index is 127. The summed E-state index contributed by atoms with van der Waals surface area (Å²) in [5, 5.41) is 1.50. The number of nitrogens with zero attached hydrogens (tertiary/aromatic N) is 1. The van der Waals surface area contributed by atoms with E-state index in [2.05, 4.69) is 13.1 Å². The fraction of sp³-hybridized carbons (Fsp3) is 1.00. The molecule has 1 aliphatic heterocycles. The maximum atomic E-state index is 5.57. The van der Waals surface area contributed by atoms with Crippen molar-refractivity contribution in [2.24, 2.45) is 0 Å². The topological polar surface area (TPSA) is 30.9 Å². The van der Waals surface area contributed by atoms with Gasteiger partial charge in [-0.2, -0.15) is 0 Å². The minimum Gasteiger partial charge on any atom is -0.416 e.